The van der Waals surface area contributed by atoms with Gasteiger partial charge in [0.2, 0.25) is 5.78 Å². The van der Waals surface area contributed by atoms with Crippen molar-refractivity contribution in [3.05, 3.63) is 53.3 Å². The van der Waals surface area contributed by atoms with Gasteiger partial charge in [-0.3, -0.25) is 4.79 Å². The second-order valence-corrected chi connectivity index (χ2v) is 5.26. The van der Waals surface area contributed by atoms with Gasteiger partial charge >= 0.3 is 0 Å². The maximum Gasteiger partial charge on any atom is 0.232 e. The molecule has 1 heterocycles. The van der Waals surface area contributed by atoms with Crippen LogP contribution in [0.1, 0.15) is 15.9 Å². The van der Waals surface area contributed by atoms with E-state index >= 15 is 0 Å². The van der Waals surface area contributed by atoms with Crippen molar-refractivity contribution in [2.45, 2.75) is 0 Å². The van der Waals surface area contributed by atoms with Crippen molar-refractivity contribution in [1.82, 2.24) is 0 Å². The van der Waals surface area contributed by atoms with Gasteiger partial charge in [0.25, 0.3) is 0 Å². The summed E-state index contributed by atoms with van der Waals surface area (Å²) >= 11 is 0. The van der Waals surface area contributed by atoms with E-state index in [0.29, 0.717) is 28.6 Å². The summed E-state index contributed by atoms with van der Waals surface area (Å²) in [6, 6.07) is 10.4. The molecular formula is C19H18O6. The number of fused-ring (bicyclic) bond motifs is 1. The van der Waals surface area contributed by atoms with Gasteiger partial charge in [-0.2, -0.15) is 0 Å². The Morgan fingerprint density at radius 2 is 1.80 bits per heavy atom. The van der Waals surface area contributed by atoms with E-state index in [4.69, 9.17) is 23.7 Å². The molecule has 0 saturated carbocycles. The summed E-state index contributed by atoms with van der Waals surface area (Å²) < 4.78 is 26.4. The van der Waals surface area contributed by atoms with Crippen molar-refractivity contribution in [3.63, 3.8) is 0 Å². The Morgan fingerprint density at radius 1 is 1.00 bits per heavy atom. The Kier molecular flexibility index (Phi) is 4.90. The summed E-state index contributed by atoms with van der Waals surface area (Å²) in [4.78, 5) is 12.6. The summed E-state index contributed by atoms with van der Waals surface area (Å²) in [5.74, 6) is 2.28. The third kappa shape index (κ3) is 3.44. The van der Waals surface area contributed by atoms with Crippen LogP contribution in [-0.4, -0.2) is 33.9 Å². The highest BCUT2D eigenvalue weighted by Gasteiger charge is 2.28. The number of allylic oxidation sites excluding steroid dienone is 1. The molecule has 0 amide bonds. The summed E-state index contributed by atoms with van der Waals surface area (Å²) in [5, 5.41) is 0. The Bertz CT molecular complexity index is 825. The fourth-order valence-electron chi connectivity index (χ4n) is 2.48. The third-order valence-electron chi connectivity index (χ3n) is 3.69. The molecule has 0 atom stereocenters. The van der Waals surface area contributed by atoms with Crippen molar-refractivity contribution in [2.75, 3.05) is 28.1 Å². The lowest BCUT2D eigenvalue weighted by Gasteiger charge is -2.08. The number of ether oxygens (including phenoxy) is 5. The molecule has 0 unspecified atom stereocenters. The smallest absolute Gasteiger partial charge is 0.232 e. The van der Waals surface area contributed by atoms with Crippen LogP contribution in [0.3, 0.4) is 0 Å². The van der Waals surface area contributed by atoms with E-state index in [1.807, 2.05) is 6.07 Å². The van der Waals surface area contributed by atoms with Crippen molar-refractivity contribution in [1.29, 1.82) is 0 Å². The molecule has 0 spiro atoms. The molecule has 0 aromatic heterocycles. The predicted octanol–water partition coefficient (Wildman–Crippen LogP) is 3.30. The van der Waals surface area contributed by atoms with Crippen LogP contribution in [-0.2, 0) is 4.74 Å². The fraction of sp³-hybridized carbons (Fsp3) is 0.211. The lowest BCUT2D eigenvalue weighted by Crippen LogP contribution is -2.00. The van der Waals surface area contributed by atoms with Gasteiger partial charge in [-0.25, -0.2) is 0 Å². The molecule has 1 aliphatic rings. The van der Waals surface area contributed by atoms with Crippen LogP contribution < -0.4 is 18.9 Å². The first-order valence-corrected chi connectivity index (χ1v) is 7.58. The molecule has 2 aromatic rings. The quantitative estimate of drug-likeness (QED) is 0.593. The highest BCUT2D eigenvalue weighted by atomic mass is 16.7. The first-order valence-electron chi connectivity index (χ1n) is 7.58. The maximum atomic E-state index is 12.6. The van der Waals surface area contributed by atoms with Gasteiger partial charge in [-0.05, 0) is 42.0 Å². The van der Waals surface area contributed by atoms with Gasteiger partial charge < -0.3 is 23.7 Å². The highest BCUT2D eigenvalue weighted by Crippen LogP contribution is 2.35. The number of methoxy groups -OCH3 is 3. The van der Waals surface area contributed by atoms with Crippen LogP contribution in [0.4, 0.5) is 0 Å². The van der Waals surface area contributed by atoms with Gasteiger partial charge in [-0.15, -0.1) is 0 Å². The topological polar surface area (TPSA) is 63.2 Å². The Morgan fingerprint density at radius 3 is 2.52 bits per heavy atom. The molecule has 6 heteroatoms. The maximum absolute atomic E-state index is 12.6. The molecule has 130 valence electrons. The Labute approximate surface area is 145 Å². The van der Waals surface area contributed by atoms with E-state index in [0.717, 1.165) is 5.56 Å². The van der Waals surface area contributed by atoms with E-state index in [2.05, 4.69) is 0 Å². The van der Waals surface area contributed by atoms with Crippen molar-refractivity contribution in [3.8, 4) is 23.0 Å². The molecule has 0 saturated heterocycles. The van der Waals surface area contributed by atoms with Crippen LogP contribution in [0, 0.1) is 0 Å². The van der Waals surface area contributed by atoms with E-state index < -0.39 is 0 Å². The van der Waals surface area contributed by atoms with Gasteiger partial charge in [0, 0.05) is 7.11 Å². The molecule has 0 radical (unpaired) electrons. The number of carbonyl (C=O) groups excluding carboxylic acids is 1. The molecule has 3 rings (SSSR count). The summed E-state index contributed by atoms with van der Waals surface area (Å²) in [6.45, 7) is 0.113. The average Bonchev–Trinajstić information content (AvgIpc) is 2.95. The van der Waals surface area contributed by atoms with Gasteiger partial charge in [0.05, 0.1) is 19.8 Å². The Balaban J connectivity index is 1.87. The van der Waals surface area contributed by atoms with Gasteiger partial charge in [0.1, 0.15) is 11.5 Å². The number of hydrogen-bond acceptors (Lipinski definition) is 6. The van der Waals surface area contributed by atoms with Crippen molar-refractivity contribution >= 4 is 11.9 Å². The van der Waals surface area contributed by atoms with Crippen LogP contribution in [0.5, 0.6) is 23.0 Å². The lowest BCUT2D eigenvalue weighted by molar-refractivity contribution is 0.0510. The standard InChI is InChI=1S/C19H18O6/c1-21-11-24-13-5-7-15-14(10-13)19(20)18(25-15)9-12-4-6-16(22-2)17(8-12)23-3/h4-10H,11H2,1-3H3/b18-9-. The number of hydrogen-bond donors (Lipinski definition) is 0. The summed E-state index contributed by atoms with van der Waals surface area (Å²) in [7, 11) is 4.66. The van der Waals surface area contributed by atoms with E-state index in [1.54, 1.807) is 50.6 Å². The molecule has 2 aromatic carbocycles. The van der Waals surface area contributed by atoms with E-state index in [9.17, 15) is 4.79 Å². The second kappa shape index (κ2) is 7.27. The third-order valence-corrected chi connectivity index (χ3v) is 3.69. The molecule has 1 aliphatic heterocycles. The molecule has 0 bridgehead atoms. The molecule has 25 heavy (non-hydrogen) atoms. The zero-order chi connectivity index (χ0) is 17.8. The first-order chi connectivity index (χ1) is 12.2. The zero-order valence-corrected chi connectivity index (χ0v) is 14.2. The molecule has 6 nitrogen and oxygen atoms in total. The SMILES string of the molecule is COCOc1ccc2c(c1)C(=O)/C(=C/c1ccc(OC)c(OC)c1)O2. The minimum absolute atomic E-state index is 0.113. The van der Waals surface area contributed by atoms with Crippen LogP contribution in [0.25, 0.3) is 6.08 Å². The summed E-state index contributed by atoms with van der Waals surface area (Å²) in [6.07, 6.45) is 1.67. The second-order valence-electron chi connectivity index (χ2n) is 5.26. The first kappa shape index (κ1) is 16.9. The van der Waals surface area contributed by atoms with Crippen LogP contribution in [0.15, 0.2) is 42.2 Å². The predicted molar refractivity (Wildman–Crippen MR) is 91.4 cm³/mol. The van der Waals surface area contributed by atoms with E-state index in [-0.39, 0.29) is 18.3 Å². The number of ketones is 1. The molecule has 0 N–H and O–H groups in total. The molecular weight excluding hydrogens is 324 g/mol. The highest BCUT2D eigenvalue weighted by molar-refractivity contribution is 6.14. The minimum Gasteiger partial charge on any atom is -0.493 e. The zero-order valence-electron chi connectivity index (χ0n) is 14.2. The number of Topliss-reactive ketones (excluding diaryl/α,β-unsaturated/α-hetero) is 1. The average molecular weight is 342 g/mol. The van der Waals surface area contributed by atoms with Crippen molar-refractivity contribution in [2.24, 2.45) is 0 Å². The summed E-state index contributed by atoms with van der Waals surface area (Å²) in [5.41, 5.74) is 1.23. The molecule has 0 aliphatic carbocycles. The van der Waals surface area contributed by atoms with Gasteiger partial charge in [-0.1, -0.05) is 6.07 Å². The fourth-order valence-corrected chi connectivity index (χ4v) is 2.48. The van der Waals surface area contributed by atoms with Gasteiger partial charge in [0.15, 0.2) is 24.1 Å². The van der Waals surface area contributed by atoms with Crippen LogP contribution >= 0.6 is 0 Å². The van der Waals surface area contributed by atoms with Crippen LogP contribution in [0.2, 0.25) is 0 Å². The van der Waals surface area contributed by atoms with E-state index in [1.165, 1.54) is 7.11 Å². The number of benzene rings is 2. The minimum atomic E-state index is -0.201. The van der Waals surface area contributed by atoms with Crippen molar-refractivity contribution < 1.29 is 28.5 Å². The molecule has 0 fully saturated rings. The monoisotopic (exact) mass is 342 g/mol. The Hall–Kier alpha value is -2.99. The lowest BCUT2D eigenvalue weighted by atomic mass is 10.1. The number of carbonyl (C=O) groups is 1. The largest absolute Gasteiger partial charge is 0.493 e. The number of rotatable bonds is 6. The normalized spacial score (nSPS) is 14.2.